The van der Waals surface area contributed by atoms with Gasteiger partial charge in [0.25, 0.3) is 0 Å². The molecule has 0 aromatic heterocycles. The van der Waals surface area contributed by atoms with Gasteiger partial charge in [-0.2, -0.15) is 8.42 Å². The Kier molecular flexibility index (Phi) is 8.26. The summed E-state index contributed by atoms with van der Waals surface area (Å²) in [6, 6.07) is 18.5. The van der Waals surface area contributed by atoms with Gasteiger partial charge in [-0.15, -0.1) is 0 Å². The molecule has 9 nitrogen and oxygen atoms in total. The van der Waals surface area contributed by atoms with Gasteiger partial charge in [0.15, 0.2) is 0 Å². The average molecular weight is 501 g/mol. The van der Waals surface area contributed by atoms with Crippen LogP contribution in [0.25, 0.3) is 0 Å². The van der Waals surface area contributed by atoms with Crippen molar-refractivity contribution in [3.8, 4) is 5.75 Å². The molecule has 0 saturated carbocycles. The summed E-state index contributed by atoms with van der Waals surface area (Å²) in [5.74, 6) is -0.675. The highest BCUT2D eigenvalue weighted by Crippen LogP contribution is 2.19. The van der Waals surface area contributed by atoms with Crippen molar-refractivity contribution in [2.75, 3.05) is 23.8 Å². The molecule has 184 valence electrons. The molecule has 3 amide bonds. The number of rotatable bonds is 9. The molecular weight excluding hydrogens is 475 g/mol. The molecule has 3 rings (SSSR count). The second-order valence-corrected chi connectivity index (χ2v) is 8.91. The summed E-state index contributed by atoms with van der Waals surface area (Å²) in [5.41, 5.74) is 0.968. The van der Waals surface area contributed by atoms with Crippen LogP contribution in [0.15, 0.2) is 78.9 Å². The number of amides is 3. The monoisotopic (exact) mass is 500 g/mol. The molecule has 3 aromatic carbocycles. The van der Waals surface area contributed by atoms with Gasteiger partial charge in [-0.25, -0.2) is 13.9 Å². The lowest BCUT2D eigenvalue weighted by Gasteiger charge is -2.25. The number of urea groups is 1. The molecule has 0 heterocycles. The molecule has 0 bridgehead atoms. The van der Waals surface area contributed by atoms with Crippen molar-refractivity contribution >= 4 is 33.5 Å². The Labute approximate surface area is 203 Å². The maximum absolute atomic E-state index is 13.8. The van der Waals surface area contributed by atoms with Crippen molar-refractivity contribution in [1.29, 1.82) is 0 Å². The lowest BCUT2D eigenvalue weighted by molar-refractivity contribution is -0.120. The van der Waals surface area contributed by atoms with Gasteiger partial charge in [-0.1, -0.05) is 42.5 Å². The summed E-state index contributed by atoms with van der Waals surface area (Å²) in [7, 11) is -1.41. The highest BCUT2D eigenvalue weighted by Gasteiger charge is 2.27. The molecule has 0 saturated heterocycles. The summed E-state index contributed by atoms with van der Waals surface area (Å²) in [6.07, 6.45) is 0.106. The highest BCUT2D eigenvalue weighted by atomic mass is 32.2. The van der Waals surface area contributed by atoms with Crippen molar-refractivity contribution in [3.05, 3.63) is 90.2 Å². The number of carbonyl (C=O) groups is 2. The molecule has 3 N–H and O–H groups in total. The lowest BCUT2D eigenvalue weighted by atomic mass is 10.0. The molecule has 0 spiro atoms. The van der Waals surface area contributed by atoms with Crippen LogP contribution in [0.4, 0.5) is 20.6 Å². The third-order valence-corrected chi connectivity index (χ3v) is 5.96. The SMILES string of the molecule is COc1ccc(N(C)C(=O)C(Cc2ccccc2)NC(=O)NS(=O)(=O)Nc2ccccc2F)cc1. The topological polar surface area (TPSA) is 117 Å². The van der Waals surface area contributed by atoms with Gasteiger partial charge in [-0.05, 0) is 42.0 Å². The van der Waals surface area contributed by atoms with Gasteiger partial charge in [-0.3, -0.25) is 9.52 Å². The van der Waals surface area contributed by atoms with Crippen LogP contribution in [0, 0.1) is 5.82 Å². The molecule has 0 aliphatic carbocycles. The zero-order valence-electron chi connectivity index (χ0n) is 19.1. The fourth-order valence-corrected chi connectivity index (χ4v) is 4.05. The first kappa shape index (κ1) is 25.5. The van der Waals surface area contributed by atoms with Crippen LogP contribution in [-0.2, 0) is 21.4 Å². The number of ether oxygens (including phenoxy) is 1. The molecule has 0 aliphatic rings. The van der Waals surface area contributed by atoms with E-state index in [1.807, 2.05) is 10.8 Å². The van der Waals surface area contributed by atoms with Gasteiger partial charge in [0.2, 0.25) is 5.91 Å². The van der Waals surface area contributed by atoms with E-state index >= 15 is 0 Å². The van der Waals surface area contributed by atoms with Gasteiger partial charge in [0.05, 0.1) is 12.8 Å². The van der Waals surface area contributed by atoms with E-state index in [9.17, 15) is 22.4 Å². The van der Waals surface area contributed by atoms with Crippen molar-refractivity contribution in [1.82, 2.24) is 10.0 Å². The van der Waals surface area contributed by atoms with Crippen LogP contribution < -0.4 is 24.4 Å². The minimum atomic E-state index is -4.47. The van der Waals surface area contributed by atoms with Gasteiger partial charge >= 0.3 is 16.2 Å². The third-order valence-electron chi connectivity index (χ3n) is 5.02. The zero-order valence-corrected chi connectivity index (χ0v) is 19.9. The Bertz CT molecular complexity index is 1270. The first-order valence-corrected chi connectivity index (χ1v) is 12.0. The fraction of sp³-hybridized carbons (Fsp3) is 0.167. The van der Waals surface area contributed by atoms with Crippen LogP contribution in [0.5, 0.6) is 5.75 Å². The first-order valence-electron chi connectivity index (χ1n) is 10.5. The minimum absolute atomic E-state index is 0.106. The Morgan fingerprint density at radius 3 is 2.23 bits per heavy atom. The Morgan fingerprint density at radius 2 is 1.60 bits per heavy atom. The second-order valence-electron chi connectivity index (χ2n) is 7.50. The maximum atomic E-state index is 13.8. The van der Waals surface area contributed by atoms with Crippen molar-refractivity contribution in [2.24, 2.45) is 0 Å². The molecule has 0 fully saturated rings. The quantitative estimate of drug-likeness (QED) is 0.418. The van der Waals surface area contributed by atoms with E-state index in [2.05, 4.69) is 5.32 Å². The van der Waals surface area contributed by atoms with Crippen molar-refractivity contribution in [3.63, 3.8) is 0 Å². The van der Waals surface area contributed by atoms with Crippen LogP contribution in [-0.4, -0.2) is 40.6 Å². The predicted molar refractivity (Wildman–Crippen MR) is 131 cm³/mol. The summed E-state index contributed by atoms with van der Waals surface area (Å²) in [6.45, 7) is 0. The standard InChI is InChI=1S/C24H25FN4O5S/c1-29(18-12-14-19(34-2)15-13-18)23(30)22(16-17-8-4-3-5-9-17)26-24(31)28-35(32,33)27-21-11-7-6-10-20(21)25/h3-15,22,27H,16H2,1-2H3,(H2,26,28,31). The predicted octanol–water partition coefficient (Wildman–Crippen LogP) is 3.06. The molecule has 11 heteroatoms. The minimum Gasteiger partial charge on any atom is -0.497 e. The van der Waals surface area contributed by atoms with Gasteiger partial charge in [0.1, 0.15) is 17.6 Å². The van der Waals surface area contributed by atoms with E-state index in [0.717, 1.165) is 11.6 Å². The normalized spacial score (nSPS) is 11.7. The van der Waals surface area contributed by atoms with E-state index in [-0.39, 0.29) is 12.1 Å². The number of nitrogens with zero attached hydrogens (tertiary/aromatic N) is 1. The van der Waals surface area contributed by atoms with E-state index in [1.54, 1.807) is 53.3 Å². The van der Waals surface area contributed by atoms with E-state index in [4.69, 9.17) is 4.74 Å². The maximum Gasteiger partial charge on any atom is 0.330 e. The molecule has 0 aliphatic heterocycles. The average Bonchev–Trinajstić information content (AvgIpc) is 2.84. The summed E-state index contributed by atoms with van der Waals surface area (Å²) >= 11 is 0. The molecule has 1 atom stereocenters. The number of likely N-dealkylation sites (N-methyl/N-ethyl adjacent to an activating group) is 1. The Balaban J connectivity index is 1.76. The highest BCUT2D eigenvalue weighted by molar-refractivity contribution is 7.91. The van der Waals surface area contributed by atoms with Crippen molar-refractivity contribution < 1.29 is 27.1 Å². The number of hydrogen-bond acceptors (Lipinski definition) is 5. The number of methoxy groups -OCH3 is 1. The molecular formula is C24H25FN4O5S. The number of nitrogens with one attached hydrogen (secondary N) is 3. The third kappa shape index (κ3) is 7.18. The zero-order chi connectivity index (χ0) is 25.4. The van der Waals surface area contributed by atoms with Gasteiger partial charge < -0.3 is 15.0 Å². The van der Waals surface area contributed by atoms with Gasteiger partial charge in [0, 0.05) is 19.2 Å². The van der Waals surface area contributed by atoms with E-state index < -0.39 is 34.0 Å². The first-order chi connectivity index (χ1) is 16.7. The molecule has 1 unspecified atom stereocenters. The molecule has 3 aromatic rings. The second kappa shape index (κ2) is 11.3. The smallest absolute Gasteiger partial charge is 0.330 e. The molecule has 35 heavy (non-hydrogen) atoms. The van der Waals surface area contributed by atoms with E-state index in [1.165, 1.54) is 37.3 Å². The van der Waals surface area contributed by atoms with Crippen LogP contribution >= 0.6 is 0 Å². The number of para-hydroxylation sites is 1. The van der Waals surface area contributed by atoms with Crippen molar-refractivity contribution in [2.45, 2.75) is 12.5 Å². The van der Waals surface area contributed by atoms with Crippen LogP contribution in [0.2, 0.25) is 0 Å². The van der Waals surface area contributed by atoms with Crippen LogP contribution in [0.1, 0.15) is 5.56 Å². The number of hydrogen-bond donors (Lipinski definition) is 3. The Hall–Kier alpha value is -4.12. The Morgan fingerprint density at radius 1 is 0.971 bits per heavy atom. The van der Waals surface area contributed by atoms with E-state index in [0.29, 0.717) is 11.4 Å². The number of halogens is 1. The molecule has 0 radical (unpaired) electrons. The number of anilines is 2. The lowest BCUT2D eigenvalue weighted by Crippen LogP contribution is -2.53. The summed E-state index contributed by atoms with van der Waals surface area (Å²) < 4.78 is 47.3. The number of carbonyl (C=O) groups excluding carboxylic acids is 2. The largest absolute Gasteiger partial charge is 0.497 e. The van der Waals surface area contributed by atoms with Crippen LogP contribution in [0.3, 0.4) is 0 Å². The number of benzene rings is 3. The summed E-state index contributed by atoms with van der Waals surface area (Å²) in [4.78, 5) is 27.2. The fourth-order valence-electron chi connectivity index (χ4n) is 3.24. The summed E-state index contributed by atoms with van der Waals surface area (Å²) in [5, 5.41) is 2.42.